The summed E-state index contributed by atoms with van der Waals surface area (Å²) in [6.07, 6.45) is 0.880. The lowest BCUT2D eigenvalue weighted by molar-refractivity contribution is -0.120. The van der Waals surface area contributed by atoms with Crippen LogP contribution in [0, 0.1) is 5.92 Å². The highest BCUT2D eigenvalue weighted by atomic mass is 32.2. The molecule has 0 aliphatic heterocycles. The first kappa shape index (κ1) is 19.7. The third kappa shape index (κ3) is 7.62. The minimum atomic E-state index is -0.852. The normalized spacial score (nSPS) is 12.2. The van der Waals surface area contributed by atoms with Gasteiger partial charge in [0, 0.05) is 19.8 Å². The Labute approximate surface area is 143 Å². The Balaban J connectivity index is 2.51. The van der Waals surface area contributed by atoms with Gasteiger partial charge in [0.25, 0.3) is 0 Å². The van der Waals surface area contributed by atoms with E-state index in [1.54, 1.807) is 0 Å². The van der Waals surface area contributed by atoms with Crippen molar-refractivity contribution in [2.75, 3.05) is 25.1 Å². The molecule has 1 aromatic rings. The van der Waals surface area contributed by atoms with Crippen LogP contribution in [0.4, 0.5) is 9.93 Å². The van der Waals surface area contributed by atoms with E-state index in [0.29, 0.717) is 22.7 Å². The molecule has 0 saturated carbocycles. The average molecular weight is 361 g/mol. The summed E-state index contributed by atoms with van der Waals surface area (Å²) < 4.78 is 5.92. The van der Waals surface area contributed by atoms with Crippen LogP contribution in [0.25, 0.3) is 0 Å². The van der Waals surface area contributed by atoms with Crippen molar-refractivity contribution in [2.45, 2.75) is 36.8 Å². The molecule has 23 heavy (non-hydrogen) atoms. The summed E-state index contributed by atoms with van der Waals surface area (Å²) in [7, 11) is 0. The van der Waals surface area contributed by atoms with Crippen molar-refractivity contribution >= 4 is 40.2 Å². The van der Waals surface area contributed by atoms with Gasteiger partial charge >= 0.3 is 6.03 Å². The monoisotopic (exact) mass is 361 g/mol. The standard InChI is InChI=1S/C13H23N5O3S2/c1-4-21-7-5-6-15-12-17-18-13(23-12)22-9(8(2)3)10(19)16-11(14)20/h8-9H,4-7H2,1-3H3,(H,15,17)(H3,14,16,19,20)/t9-/m0/s1. The predicted molar refractivity (Wildman–Crippen MR) is 91.7 cm³/mol. The number of carbonyl (C=O) groups is 2. The van der Waals surface area contributed by atoms with Crippen LogP contribution in [0.2, 0.25) is 0 Å². The number of aromatic nitrogens is 2. The highest BCUT2D eigenvalue weighted by molar-refractivity contribution is 8.02. The van der Waals surface area contributed by atoms with Crippen LogP contribution in [0.15, 0.2) is 4.34 Å². The van der Waals surface area contributed by atoms with E-state index in [4.69, 9.17) is 10.5 Å². The van der Waals surface area contributed by atoms with Gasteiger partial charge in [-0.05, 0) is 19.3 Å². The quantitative estimate of drug-likeness (QED) is 0.428. The first-order chi connectivity index (χ1) is 10.9. The van der Waals surface area contributed by atoms with Crippen LogP contribution >= 0.6 is 23.1 Å². The molecule has 1 atom stereocenters. The van der Waals surface area contributed by atoms with E-state index in [2.05, 4.69) is 20.8 Å². The highest BCUT2D eigenvalue weighted by Crippen LogP contribution is 2.32. The van der Waals surface area contributed by atoms with Crippen molar-refractivity contribution in [3.63, 3.8) is 0 Å². The van der Waals surface area contributed by atoms with Crippen molar-refractivity contribution in [3.8, 4) is 0 Å². The number of imide groups is 1. The SMILES string of the molecule is CCOCCCNc1nnc(S[C@H](C(=O)NC(N)=O)C(C)C)s1. The van der Waals surface area contributed by atoms with Gasteiger partial charge in [0.1, 0.15) is 0 Å². The number of nitrogens with one attached hydrogen (secondary N) is 2. The lowest BCUT2D eigenvalue weighted by atomic mass is 10.1. The van der Waals surface area contributed by atoms with E-state index in [-0.39, 0.29) is 5.92 Å². The van der Waals surface area contributed by atoms with Crippen LogP contribution < -0.4 is 16.4 Å². The lowest BCUT2D eigenvalue weighted by Crippen LogP contribution is -2.42. The number of carbonyl (C=O) groups excluding carboxylic acids is 2. The molecule has 3 amide bonds. The molecule has 0 aliphatic rings. The molecule has 0 aliphatic carbocycles. The van der Waals surface area contributed by atoms with Crippen LogP contribution in [-0.4, -0.2) is 47.1 Å². The molecule has 1 rings (SSSR count). The zero-order valence-corrected chi connectivity index (χ0v) is 15.1. The molecule has 130 valence electrons. The van der Waals surface area contributed by atoms with Crippen LogP contribution in [-0.2, 0) is 9.53 Å². The summed E-state index contributed by atoms with van der Waals surface area (Å²) in [4.78, 5) is 22.8. The maximum Gasteiger partial charge on any atom is 0.318 e. The number of amides is 3. The zero-order chi connectivity index (χ0) is 17.2. The van der Waals surface area contributed by atoms with Gasteiger partial charge in [-0.3, -0.25) is 10.1 Å². The summed E-state index contributed by atoms with van der Waals surface area (Å²) >= 11 is 2.65. The number of anilines is 1. The van der Waals surface area contributed by atoms with E-state index in [0.717, 1.165) is 13.0 Å². The molecule has 0 radical (unpaired) electrons. The molecule has 10 heteroatoms. The minimum Gasteiger partial charge on any atom is -0.382 e. The maximum atomic E-state index is 12.0. The average Bonchev–Trinajstić information content (AvgIpc) is 2.91. The van der Waals surface area contributed by atoms with Crippen LogP contribution in [0.1, 0.15) is 27.2 Å². The largest absolute Gasteiger partial charge is 0.382 e. The van der Waals surface area contributed by atoms with Gasteiger partial charge in [-0.25, -0.2) is 4.79 Å². The molecule has 4 N–H and O–H groups in total. The fraction of sp³-hybridized carbons (Fsp3) is 0.692. The second-order valence-electron chi connectivity index (χ2n) is 4.99. The first-order valence-electron chi connectivity index (χ1n) is 7.36. The third-order valence-corrected chi connectivity index (χ3v) is 5.20. The van der Waals surface area contributed by atoms with Crippen molar-refractivity contribution in [1.82, 2.24) is 15.5 Å². The number of ether oxygens (including phenoxy) is 1. The Morgan fingerprint density at radius 2 is 2.13 bits per heavy atom. The molecule has 0 bridgehead atoms. The molecule has 0 spiro atoms. The summed E-state index contributed by atoms with van der Waals surface area (Å²) in [5.41, 5.74) is 4.99. The Morgan fingerprint density at radius 1 is 1.39 bits per heavy atom. The van der Waals surface area contributed by atoms with E-state index >= 15 is 0 Å². The number of rotatable bonds is 10. The smallest absolute Gasteiger partial charge is 0.318 e. The third-order valence-electron chi connectivity index (χ3n) is 2.69. The van der Waals surface area contributed by atoms with Gasteiger partial charge in [-0.2, -0.15) is 0 Å². The van der Waals surface area contributed by atoms with Gasteiger partial charge in [0.05, 0.1) is 5.25 Å². The molecular weight excluding hydrogens is 338 g/mol. The fourth-order valence-corrected chi connectivity index (χ4v) is 3.62. The molecule has 1 heterocycles. The topological polar surface area (TPSA) is 119 Å². The first-order valence-corrected chi connectivity index (χ1v) is 9.05. The number of urea groups is 1. The van der Waals surface area contributed by atoms with E-state index in [1.165, 1.54) is 23.1 Å². The Hall–Kier alpha value is -1.39. The molecule has 0 fully saturated rings. The van der Waals surface area contributed by atoms with Crippen LogP contribution in [0.5, 0.6) is 0 Å². The molecule has 8 nitrogen and oxygen atoms in total. The number of nitrogens with zero attached hydrogens (tertiary/aromatic N) is 2. The summed E-state index contributed by atoms with van der Waals surface area (Å²) in [6, 6.07) is -0.852. The van der Waals surface area contributed by atoms with Gasteiger partial charge in [0.15, 0.2) is 4.34 Å². The number of hydrogen-bond acceptors (Lipinski definition) is 8. The van der Waals surface area contributed by atoms with E-state index in [9.17, 15) is 9.59 Å². The second-order valence-corrected chi connectivity index (χ2v) is 7.35. The van der Waals surface area contributed by atoms with Gasteiger partial charge in [0.2, 0.25) is 11.0 Å². The van der Waals surface area contributed by atoms with E-state index in [1.807, 2.05) is 20.8 Å². The number of primary amides is 1. The van der Waals surface area contributed by atoms with Crippen molar-refractivity contribution in [2.24, 2.45) is 11.7 Å². The molecule has 0 unspecified atom stereocenters. The summed E-state index contributed by atoms with van der Waals surface area (Å²) in [5.74, 6) is -0.398. The second kappa shape index (κ2) is 10.4. The van der Waals surface area contributed by atoms with E-state index < -0.39 is 17.2 Å². The lowest BCUT2D eigenvalue weighted by Gasteiger charge is -2.16. The van der Waals surface area contributed by atoms with Gasteiger partial charge < -0.3 is 15.8 Å². The number of thioether (sulfide) groups is 1. The zero-order valence-electron chi connectivity index (χ0n) is 13.5. The van der Waals surface area contributed by atoms with Gasteiger partial charge in [-0.1, -0.05) is 36.9 Å². The summed E-state index contributed by atoms with van der Waals surface area (Å²) in [5, 5.41) is 13.6. The highest BCUT2D eigenvalue weighted by Gasteiger charge is 2.26. The number of hydrogen-bond donors (Lipinski definition) is 3. The Kier molecular flexibility index (Phi) is 8.89. The molecule has 1 aromatic heterocycles. The van der Waals surface area contributed by atoms with Gasteiger partial charge in [-0.15, -0.1) is 10.2 Å². The van der Waals surface area contributed by atoms with Crippen molar-refractivity contribution in [3.05, 3.63) is 0 Å². The predicted octanol–water partition coefficient (Wildman–Crippen LogP) is 1.69. The Bertz CT molecular complexity index is 510. The minimum absolute atomic E-state index is 0.0193. The number of nitrogens with two attached hydrogens (primary N) is 1. The maximum absolute atomic E-state index is 12.0. The van der Waals surface area contributed by atoms with Crippen molar-refractivity contribution in [1.29, 1.82) is 0 Å². The summed E-state index contributed by atoms with van der Waals surface area (Å²) in [6.45, 7) is 7.91. The molecular formula is C13H23N5O3S2. The molecule has 0 saturated heterocycles. The Morgan fingerprint density at radius 3 is 2.74 bits per heavy atom. The molecule has 0 aromatic carbocycles. The van der Waals surface area contributed by atoms with Crippen LogP contribution in [0.3, 0.4) is 0 Å². The van der Waals surface area contributed by atoms with Crippen molar-refractivity contribution < 1.29 is 14.3 Å². The fourth-order valence-electron chi connectivity index (χ4n) is 1.64.